The summed E-state index contributed by atoms with van der Waals surface area (Å²) in [6.07, 6.45) is 12.3. The van der Waals surface area contributed by atoms with Gasteiger partial charge in [0.2, 0.25) is 0 Å². The van der Waals surface area contributed by atoms with Gasteiger partial charge in [-0.1, -0.05) is 19.8 Å². The van der Waals surface area contributed by atoms with E-state index >= 15 is 0 Å². The Balaban J connectivity index is 1.88. The summed E-state index contributed by atoms with van der Waals surface area (Å²) in [5.41, 5.74) is 1.50. The van der Waals surface area contributed by atoms with Crippen molar-refractivity contribution in [3.8, 4) is 0 Å². The third-order valence-electron chi connectivity index (χ3n) is 3.72. The summed E-state index contributed by atoms with van der Waals surface area (Å²) in [5, 5.41) is 0. The molecule has 0 amide bonds. The van der Waals surface area contributed by atoms with Gasteiger partial charge >= 0.3 is 0 Å². The molecule has 0 atom stereocenters. The Bertz CT molecular complexity index is 273. The highest BCUT2D eigenvalue weighted by Gasteiger charge is 2.21. The van der Waals surface area contributed by atoms with Crippen LogP contribution in [0.25, 0.3) is 0 Å². The van der Waals surface area contributed by atoms with E-state index in [4.69, 9.17) is 0 Å². The van der Waals surface area contributed by atoms with E-state index < -0.39 is 0 Å². The monoisotopic (exact) mass is 203 g/mol. The minimum absolute atomic E-state index is 0.807. The third-order valence-corrected chi connectivity index (χ3v) is 3.72. The molecule has 82 valence electrons. The van der Waals surface area contributed by atoms with Crippen LogP contribution in [0.1, 0.15) is 56.9 Å². The van der Waals surface area contributed by atoms with Crippen molar-refractivity contribution in [3.05, 3.63) is 30.1 Å². The van der Waals surface area contributed by atoms with Crippen LogP contribution in [0.5, 0.6) is 0 Å². The molecule has 0 spiro atoms. The lowest BCUT2D eigenvalue weighted by molar-refractivity contribution is 0.308. The highest BCUT2D eigenvalue weighted by atomic mass is 14.6. The van der Waals surface area contributed by atoms with Crippen LogP contribution in [0.2, 0.25) is 0 Å². The zero-order valence-electron chi connectivity index (χ0n) is 9.65. The molecule has 1 heterocycles. The summed E-state index contributed by atoms with van der Waals surface area (Å²) in [6, 6.07) is 4.37. The lowest BCUT2D eigenvalue weighted by Crippen LogP contribution is -2.13. The second kappa shape index (κ2) is 5.29. The summed E-state index contributed by atoms with van der Waals surface area (Å²) >= 11 is 0. The maximum Gasteiger partial charge on any atom is 0.0270 e. The number of pyridine rings is 1. The van der Waals surface area contributed by atoms with Crippen LogP contribution in [-0.2, 0) is 0 Å². The maximum absolute atomic E-state index is 4.08. The Morgan fingerprint density at radius 2 is 1.80 bits per heavy atom. The van der Waals surface area contributed by atoms with Gasteiger partial charge in [0.1, 0.15) is 0 Å². The fourth-order valence-corrected chi connectivity index (χ4v) is 2.83. The maximum atomic E-state index is 4.08. The van der Waals surface area contributed by atoms with Crippen LogP contribution in [0, 0.1) is 5.92 Å². The van der Waals surface area contributed by atoms with Gasteiger partial charge in [-0.25, -0.2) is 0 Å². The minimum atomic E-state index is 0.807. The van der Waals surface area contributed by atoms with Gasteiger partial charge in [0, 0.05) is 12.4 Å². The molecule has 1 aliphatic carbocycles. The van der Waals surface area contributed by atoms with Gasteiger partial charge in [-0.15, -0.1) is 0 Å². The predicted molar refractivity (Wildman–Crippen MR) is 63.8 cm³/mol. The highest BCUT2D eigenvalue weighted by molar-refractivity contribution is 5.16. The van der Waals surface area contributed by atoms with Gasteiger partial charge in [-0.2, -0.15) is 0 Å². The van der Waals surface area contributed by atoms with Gasteiger partial charge in [-0.05, 0) is 55.2 Å². The molecule has 1 saturated carbocycles. The lowest BCUT2D eigenvalue weighted by Gasteiger charge is -2.28. The summed E-state index contributed by atoms with van der Waals surface area (Å²) < 4.78 is 0. The molecule has 1 fully saturated rings. The highest BCUT2D eigenvalue weighted by Crippen LogP contribution is 2.37. The Kier molecular flexibility index (Phi) is 3.76. The van der Waals surface area contributed by atoms with Crippen molar-refractivity contribution in [2.75, 3.05) is 0 Å². The molecule has 0 radical (unpaired) electrons. The topological polar surface area (TPSA) is 12.9 Å². The molecule has 1 nitrogen and oxygen atoms in total. The molecular weight excluding hydrogens is 182 g/mol. The zero-order valence-corrected chi connectivity index (χ0v) is 9.65. The van der Waals surface area contributed by atoms with Gasteiger partial charge in [0.05, 0.1) is 0 Å². The van der Waals surface area contributed by atoms with Crippen LogP contribution in [0.4, 0.5) is 0 Å². The molecule has 0 aliphatic heterocycles. The molecule has 1 aromatic heterocycles. The zero-order chi connectivity index (χ0) is 10.5. The van der Waals surface area contributed by atoms with E-state index in [1.807, 2.05) is 12.4 Å². The van der Waals surface area contributed by atoms with Gasteiger partial charge in [0.25, 0.3) is 0 Å². The molecular formula is C14H21N. The molecule has 0 N–H and O–H groups in total. The fourth-order valence-electron chi connectivity index (χ4n) is 2.83. The average Bonchev–Trinajstić information content (AvgIpc) is 2.32. The molecule has 1 aromatic rings. The van der Waals surface area contributed by atoms with Crippen molar-refractivity contribution in [1.29, 1.82) is 0 Å². The Hall–Kier alpha value is -0.850. The van der Waals surface area contributed by atoms with Gasteiger partial charge in [0.15, 0.2) is 0 Å². The number of rotatable bonds is 3. The first kappa shape index (κ1) is 10.7. The average molecular weight is 203 g/mol. The van der Waals surface area contributed by atoms with Crippen molar-refractivity contribution < 1.29 is 0 Å². The lowest BCUT2D eigenvalue weighted by atomic mass is 9.77. The second-order valence-corrected chi connectivity index (χ2v) is 4.79. The molecule has 0 saturated heterocycles. The molecule has 1 heteroatoms. The summed E-state index contributed by atoms with van der Waals surface area (Å²) in [6.45, 7) is 2.30. The van der Waals surface area contributed by atoms with Crippen LogP contribution in [0.3, 0.4) is 0 Å². The Morgan fingerprint density at radius 1 is 1.13 bits per heavy atom. The second-order valence-electron chi connectivity index (χ2n) is 4.79. The molecule has 0 bridgehead atoms. The van der Waals surface area contributed by atoms with E-state index in [0.717, 1.165) is 11.8 Å². The van der Waals surface area contributed by atoms with E-state index in [1.54, 1.807) is 0 Å². The van der Waals surface area contributed by atoms with E-state index in [1.165, 1.54) is 44.1 Å². The summed E-state index contributed by atoms with van der Waals surface area (Å²) in [5.74, 6) is 1.81. The largest absolute Gasteiger partial charge is 0.265 e. The molecule has 15 heavy (non-hydrogen) atoms. The van der Waals surface area contributed by atoms with Crippen LogP contribution in [0.15, 0.2) is 24.5 Å². The number of hydrogen-bond donors (Lipinski definition) is 0. The third kappa shape index (κ3) is 2.80. The fraction of sp³-hybridized carbons (Fsp3) is 0.643. The van der Waals surface area contributed by atoms with Crippen molar-refractivity contribution in [2.24, 2.45) is 5.92 Å². The predicted octanol–water partition coefficient (Wildman–Crippen LogP) is 4.16. The van der Waals surface area contributed by atoms with Gasteiger partial charge in [-0.3, -0.25) is 4.98 Å². The number of hydrogen-bond acceptors (Lipinski definition) is 1. The Labute approximate surface area is 92.9 Å². The summed E-state index contributed by atoms with van der Waals surface area (Å²) in [4.78, 5) is 4.08. The van der Waals surface area contributed by atoms with Crippen molar-refractivity contribution in [3.63, 3.8) is 0 Å². The normalized spacial score (nSPS) is 26.5. The quantitative estimate of drug-likeness (QED) is 0.719. The molecule has 0 unspecified atom stereocenters. The number of nitrogens with zero attached hydrogens (tertiary/aromatic N) is 1. The van der Waals surface area contributed by atoms with Gasteiger partial charge < -0.3 is 0 Å². The van der Waals surface area contributed by atoms with E-state index in [9.17, 15) is 0 Å². The van der Waals surface area contributed by atoms with Crippen molar-refractivity contribution in [1.82, 2.24) is 4.98 Å². The first-order chi connectivity index (χ1) is 7.40. The standard InChI is InChI=1S/C14H21N/c1-2-3-12-4-6-13(7-5-12)14-8-10-15-11-9-14/h8-13H,2-7H2,1H3. The Morgan fingerprint density at radius 3 is 2.40 bits per heavy atom. The van der Waals surface area contributed by atoms with E-state index in [2.05, 4.69) is 24.0 Å². The SMILES string of the molecule is CCCC1CCC(c2ccncc2)CC1. The molecule has 1 aliphatic rings. The minimum Gasteiger partial charge on any atom is -0.265 e. The van der Waals surface area contributed by atoms with Crippen LogP contribution in [-0.4, -0.2) is 4.98 Å². The van der Waals surface area contributed by atoms with E-state index in [0.29, 0.717) is 0 Å². The molecule has 2 rings (SSSR count). The van der Waals surface area contributed by atoms with Crippen molar-refractivity contribution in [2.45, 2.75) is 51.4 Å². The number of aromatic nitrogens is 1. The summed E-state index contributed by atoms with van der Waals surface area (Å²) in [7, 11) is 0. The first-order valence-electron chi connectivity index (χ1n) is 6.30. The molecule has 0 aromatic carbocycles. The smallest absolute Gasteiger partial charge is 0.0270 e. The van der Waals surface area contributed by atoms with Crippen LogP contribution < -0.4 is 0 Å². The first-order valence-corrected chi connectivity index (χ1v) is 6.30. The van der Waals surface area contributed by atoms with E-state index in [-0.39, 0.29) is 0 Å². The van der Waals surface area contributed by atoms with Crippen LogP contribution >= 0.6 is 0 Å². The van der Waals surface area contributed by atoms with Crippen molar-refractivity contribution >= 4 is 0 Å².